The van der Waals surface area contributed by atoms with Gasteiger partial charge in [-0.1, -0.05) is 34.6 Å². The van der Waals surface area contributed by atoms with E-state index in [1.807, 2.05) is 100 Å². The highest BCUT2D eigenvalue weighted by Crippen LogP contribution is 2.21. The minimum absolute atomic E-state index is 0.100. The van der Waals surface area contributed by atoms with Gasteiger partial charge in [0.2, 0.25) is 11.8 Å². The quantitative estimate of drug-likeness (QED) is 0.393. The lowest BCUT2D eigenvalue weighted by Crippen LogP contribution is -2.34. The van der Waals surface area contributed by atoms with E-state index in [9.17, 15) is 14.4 Å². The maximum Gasteiger partial charge on any atom is 0.311 e. The van der Waals surface area contributed by atoms with Gasteiger partial charge in [0.15, 0.2) is 0 Å². The first-order valence-electron chi connectivity index (χ1n) is 13.1. The molecule has 7 nitrogen and oxygen atoms in total. The lowest BCUT2D eigenvalue weighted by atomic mass is 9.91. The maximum atomic E-state index is 11.5. The number of nitrogens with one attached hydrogen (secondary N) is 1. The Bertz CT molecular complexity index is 544. The Balaban J connectivity index is -0.000000428. The number of nitrogens with zero attached hydrogens (tertiary/aromatic N) is 2. The van der Waals surface area contributed by atoms with Crippen LogP contribution in [0.1, 0.15) is 95.4 Å². The summed E-state index contributed by atoms with van der Waals surface area (Å²) in [4.78, 5) is 37.8. The topological polar surface area (TPSA) is 79.0 Å². The van der Waals surface area contributed by atoms with E-state index in [1.54, 1.807) is 0 Å². The van der Waals surface area contributed by atoms with Crippen LogP contribution in [-0.2, 0) is 19.1 Å². The normalized spacial score (nSPS) is 12.6. The Morgan fingerprint density at radius 3 is 1.65 bits per heavy atom. The zero-order valence-electron chi connectivity index (χ0n) is 24.7. The Labute approximate surface area is 211 Å². The molecular formula is C27H57N3O4. The highest BCUT2D eigenvalue weighted by molar-refractivity contribution is 5.78. The predicted molar refractivity (Wildman–Crippen MR) is 144 cm³/mol. The van der Waals surface area contributed by atoms with Crippen LogP contribution in [0.15, 0.2) is 0 Å². The Morgan fingerprint density at radius 1 is 0.853 bits per heavy atom. The molecule has 0 spiro atoms. The molecule has 0 bridgehead atoms. The second kappa shape index (κ2) is 20.7. The second-order valence-electron chi connectivity index (χ2n) is 9.97. The number of ether oxygens (including phenoxy) is 1. The molecule has 0 aliphatic rings. The number of amides is 2. The molecule has 0 radical (unpaired) electrons. The van der Waals surface area contributed by atoms with Gasteiger partial charge in [-0.25, -0.2) is 0 Å². The van der Waals surface area contributed by atoms with Crippen LogP contribution in [0.4, 0.5) is 0 Å². The summed E-state index contributed by atoms with van der Waals surface area (Å²) in [5.41, 5.74) is -0.341. The van der Waals surface area contributed by atoms with Crippen molar-refractivity contribution in [2.45, 2.75) is 101 Å². The molecule has 204 valence electrons. The fraction of sp³-hybridized carbons (Fsp3) is 0.889. The van der Waals surface area contributed by atoms with E-state index in [4.69, 9.17) is 4.74 Å². The fourth-order valence-electron chi connectivity index (χ4n) is 2.29. The molecule has 0 aromatic rings. The summed E-state index contributed by atoms with van der Waals surface area (Å²) < 4.78 is 5.13. The smallest absolute Gasteiger partial charge is 0.311 e. The van der Waals surface area contributed by atoms with E-state index >= 15 is 0 Å². The zero-order chi connectivity index (χ0) is 27.5. The average molecular weight is 488 g/mol. The highest BCUT2D eigenvalue weighted by atomic mass is 16.5. The van der Waals surface area contributed by atoms with Gasteiger partial charge in [0.25, 0.3) is 0 Å². The summed E-state index contributed by atoms with van der Waals surface area (Å²) in [5.74, 6) is 0.698. The number of hydrogen-bond donors (Lipinski definition) is 1. The molecule has 0 aliphatic carbocycles. The average Bonchev–Trinajstić information content (AvgIpc) is 2.78. The molecule has 2 amide bonds. The zero-order valence-corrected chi connectivity index (χ0v) is 24.7. The predicted octanol–water partition coefficient (Wildman–Crippen LogP) is 4.99. The van der Waals surface area contributed by atoms with E-state index in [0.717, 1.165) is 38.9 Å². The van der Waals surface area contributed by atoms with Gasteiger partial charge in [-0.2, -0.15) is 0 Å². The van der Waals surface area contributed by atoms with Gasteiger partial charge in [0.1, 0.15) is 6.61 Å². The summed E-state index contributed by atoms with van der Waals surface area (Å²) in [7, 11) is 3.91. The highest BCUT2D eigenvalue weighted by Gasteiger charge is 2.26. The molecule has 0 aromatic carbocycles. The largest absolute Gasteiger partial charge is 0.464 e. The molecule has 0 rings (SSSR count). The molecule has 7 heteroatoms. The first-order chi connectivity index (χ1) is 15.6. The van der Waals surface area contributed by atoms with Gasteiger partial charge in [0.05, 0.1) is 5.41 Å². The van der Waals surface area contributed by atoms with Crippen LogP contribution in [-0.4, -0.2) is 74.0 Å². The number of likely N-dealkylation sites (N-methyl/N-ethyl adjacent to an activating group) is 1. The monoisotopic (exact) mass is 487 g/mol. The van der Waals surface area contributed by atoms with Gasteiger partial charge in [-0.3, -0.25) is 14.4 Å². The number of carbonyl (C=O) groups is 3. The molecule has 2 atom stereocenters. The van der Waals surface area contributed by atoms with Crippen molar-refractivity contribution in [1.82, 2.24) is 15.1 Å². The van der Waals surface area contributed by atoms with Gasteiger partial charge in [0, 0.05) is 37.5 Å². The standard InChI is InChI=1S/C10H21NO2.C9H19NO.C8H17NO/c1-6-10(2,3)9(12)13-8-7-11(4)5;1-5-8(4)9(11)10(6-2)7-3;1-5-7(4)8(10)9-6(2)3/h6-8H2,1-5H3;8H,5-7H2,1-4H3;6-7H,5H2,1-4H3,(H,9,10)/t;8-;7-/m.00/s1. The van der Waals surface area contributed by atoms with Crippen LogP contribution in [0.3, 0.4) is 0 Å². The van der Waals surface area contributed by atoms with Crippen molar-refractivity contribution in [1.29, 1.82) is 0 Å². The molecule has 34 heavy (non-hydrogen) atoms. The van der Waals surface area contributed by atoms with E-state index in [0.29, 0.717) is 6.61 Å². The number of rotatable bonds is 12. The van der Waals surface area contributed by atoms with E-state index in [2.05, 4.69) is 5.32 Å². The molecule has 0 unspecified atom stereocenters. The second-order valence-corrected chi connectivity index (χ2v) is 9.97. The molecule has 0 aliphatic heterocycles. The minimum atomic E-state index is -0.341. The summed E-state index contributed by atoms with van der Waals surface area (Å²) in [6.45, 7) is 24.7. The molecular weight excluding hydrogens is 430 g/mol. The third kappa shape index (κ3) is 18.8. The first-order valence-corrected chi connectivity index (χ1v) is 13.1. The number of esters is 1. The van der Waals surface area contributed by atoms with Crippen molar-refractivity contribution in [3.8, 4) is 0 Å². The Morgan fingerprint density at radius 2 is 1.32 bits per heavy atom. The number of carbonyl (C=O) groups excluding carboxylic acids is 3. The van der Waals surface area contributed by atoms with Crippen molar-refractivity contribution < 1.29 is 19.1 Å². The van der Waals surface area contributed by atoms with Crippen LogP contribution >= 0.6 is 0 Å². The van der Waals surface area contributed by atoms with Crippen molar-refractivity contribution in [3.05, 3.63) is 0 Å². The van der Waals surface area contributed by atoms with Crippen LogP contribution in [0, 0.1) is 17.3 Å². The Kier molecular flexibility index (Phi) is 22.5. The summed E-state index contributed by atoms with van der Waals surface area (Å²) in [6.07, 6.45) is 2.67. The third-order valence-corrected chi connectivity index (χ3v) is 5.81. The van der Waals surface area contributed by atoms with Crippen LogP contribution in [0.5, 0.6) is 0 Å². The summed E-state index contributed by atoms with van der Waals surface area (Å²) in [6, 6.07) is 0.265. The van der Waals surface area contributed by atoms with Crippen molar-refractivity contribution in [3.63, 3.8) is 0 Å². The third-order valence-electron chi connectivity index (χ3n) is 5.81. The van der Waals surface area contributed by atoms with Crippen molar-refractivity contribution in [2.75, 3.05) is 40.3 Å². The molecule has 0 saturated heterocycles. The van der Waals surface area contributed by atoms with Crippen LogP contribution in [0.2, 0.25) is 0 Å². The lowest BCUT2D eigenvalue weighted by molar-refractivity contribution is -0.154. The van der Waals surface area contributed by atoms with Crippen molar-refractivity contribution in [2.24, 2.45) is 17.3 Å². The maximum absolute atomic E-state index is 11.5. The van der Waals surface area contributed by atoms with Gasteiger partial charge < -0.3 is 19.9 Å². The van der Waals surface area contributed by atoms with E-state index < -0.39 is 0 Å². The van der Waals surface area contributed by atoms with Gasteiger partial charge in [-0.15, -0.1) is 0 Å². The minimum Gasteiger partial charge on any atom is -0.464 e. The van der Waals surface area contributed by atoms with Crippen LogP contribution < -0.4 is 5.32 Å². The lowest BCUT2D eigenvalue weighted by Gasteiger charge is -2.21. The van der Waals surface area contributed by atoms with Gasteiger partial charge >= 0.3 is 5.97 Å². The van der Waals surface area contributed by atoms with E-state index in [1.165, 1.54) is 0 Å². The van der Waals surface area contributed by atoms with E-state index in [-0.39, 0.29) is 41.1 Å². The summed E-state index contributed by atoms with van der Waals surface area (Å²) in [5, 5.41) is 2.85. The fourth-order valence-corrected chi connectivity index (χ4v) is 2.29. The van der Waals surface area contributed by atoms with Gasteiger partial charge in [-0.05, 0) is 74.9 Å². The molecule has 0 saturated carbocycles. The van der Waals surface area contributed by atoms with Crippen LogP contribution in [0.25, 0.3) is 0 Å². The molecule has 0 fully saturated rings. The first kappa shape index (κ1) is 36.9. The summed E-state index contributed by atoms with van der Waals surface area (Å²) >= 11 is 0. The molecule has 1 N–H and O–H groups in total. The SMILES string of the molecule is CCC(C)(C)C(=O)OCCN(C)C.CC[C@H](C)C(=O)N(CC)CC.CC[C@H](C)C(=O)NC(C)C. The molecule has 0 aromatic heterocycles. The Hall–Kier alpha value is -1.63. The van der Waals surface area contributed by atoms with Crippen molar-refractivity contribution >= 4 is 17.8 Å². The molecule has 0 heterocycles. The number of hydrogen-bond acceptors (Lipinski definition) is 5.